The third-order valence-corrected chi connectivity index (χ3v) is 5.89. The second kappa shape index (κ2) is 8.92. The van der Waals surface area contributed by atoms with Crippen LogP contribution in [0.1, 0.15) is 5.69 Å². The highest BCUT2D eigenvalue weighted by Gasteiger charge is 2.15. The minimum absolute atomic E-state index is 0.0185. The topological polar surface area (TPSA) is 109 Å². The first-order valence-electron chi connectivity index (χ1n) is 11.3. The summed E-state index contributed by atoms with van der Waals surface area (Å²) in [5.41, 5.74) is 4.19. The molecule has 0 aliphatic heterocycles. The first-order valence-corrected chi connectivity index (χ1v) is 11.3. The number of azo groups is 1. The first-order chi connectivity index (χ1) is 17.7. The van der Waals surface area contributed by atoms with Crippen LogP contribution < -0.4 is 0 Å². The van der Waals surface area contributed by atoms with E-state index in [9.17, 15) is 10.2 Å². The third kappa shape index (κ3) is 4.01. The molecule has 0 aliphatic carbocycles. The molecule has 3 aromatic carbocycles. The van der Waals surface area contributed by atoms with Gasteiger partial charge >= 0.3 is 0 Å². The second-order valence-electron chi connectivity index (χ2n) is 8.27. The van der Waals surface area contributed by atoms with Crippen molar-refractivity contribution in [2.24, 2.45) is 10.2 Å². The van der Waals surface area contributed by atoms with E-state index < -0.39 is 0 Å². The summed E-state index contributed by atoms with van der Waals surface area (Å²) in [5.74, 6) is 0.800. The van der Waals surface area contributed by atoms with Crippen LogP contribution in [0.5, 0.6) is 11.5 Å². The highest BCUT2D eigenvalue weighted by Crippen LogP contribution is 2.38. The van der Waals surface area contributed by atoms with Gasteiger partial charge in [-0.15, -0.1) is 5.11 Å². The Balaban J connectivity index is 1.43. The van der Waals surface area contributed by atoms with Crippen molar-refractivity contribution in [1.29, 1.82) is 0 Å². The van der Waals surface area contributed by atoms with Gasteiger partial charge in [0.15, 0.2) is 5.82 Å². The lowest BCUT2D eigenvalue weighted by Gasteiger charge is -2.08. The van der Waals surface area contributed by atoms with Crippen molar-refractivity contribution in [3.63, 3.8) is 0 Å². The Bertz CT molecular complexity index is 1720. The summed E-state index contributed by atoms with van der Waals surface area (Å²) < 4.78 is 2.08. The molecule has 8 nitrogen and oxygen atoms in total. The van der Waals surface area contributed by atoms with Gasteiger partial charge < -0.3 is 14.8 Å². The van der Waals surface area contributed by atoms with Crippen molar-refractivity contribution < 1.29 is 10.2 Å². The van der Waals surface area contributed by atoms with Crippen LogP contribution in [0.4, 0.5) is 11.4 Å². The van der Waals surface area contributed by atoms with Crippen molar-refractivity contribution in [2.45, 2.75) is 6.54 Å². The SMILES string of the molecule is Oc1ccc2ccc(O)c(/N=N/c3ccc4c(c3)nc(-c3ccccn3)n4Cc3ccccn3)c2c1. The van der Waals surface area contributed by atoms with Crippen LogP contribution in [0.3, 0.4) is 0 Å². The predicted molar refractivity (Wildman–Crippen MR) is 138 cm³/mol. The van der Waals surface area contributed by atoms with E-state index in [1.807, 2.05) is 54.6 Å². The van der Waals surface area contributed by atoms with Crippen LogP contribution in [-0.4, -0.2) is 29.7 Å². The summed E-state index contributed by atoms with van der Waals surface area (Å²) in [6.45, 7) is 0.539. The summed E-state index contributed by atoms with van der Waals surface area (Å²) in [4.78, 5) is 13.8. The lowest BCUT2D eigenvalue weighted by Crippen LogP contribution is -2.04. The van der Waals surface area contributed by atoms with Crippen molar-refractivity contribution in [2.75, 3.05) is 0 Å². The molecule has 0 amide bonds. The fourth-order valence-electron chi connectivity index (χ4n) is 4.18. The summed E-state index contributed by atoms with van der Waals surface area (Å²) in [6.07, 6.45) is 3.52. The zero-order valence-corrected chi connectivity index (χ0v) is 19.0. The molecule has 0 bridgehead atoms. The van der Waals surface area contributed by atoms with Gasteiger partial charge in [0.25, 0.3) is 0 Å². The van der Waals surface area contributed by atoms with Crippen LogP contribution in [0.15, 0.2) is 108 Å². The van der Waals surface area contributed by atoms with E-state index in [4.69, 9.17) is 4.98 Å². The zero-order chi connectivity index (χ0) is 24.5. The molecule has 0 saturated carbocycles. The molecule has 3 aromatic heterocycles. The van der Waals surface area contributed by atoms with Gasteiger partial charge in [-0.25, -0.2) is 4.98 Å². The Hall–Kier alpha value is -5.11. The number of hydrogen-bond acceptors (Lipinski definition) is 7. The van der Waals surface area contributed by atoms with Gasteiger partial charge in [-0.2, -0.15) is 5.11 Å². The quantitative estimate of drug-likeness (QED) is 0.278. The standard InChI is InChI=1S/C28H20N6O2/c35-21-10-7-18-8-12-26(36)27(22(18)16-21)33-32-19-9-11-25-24(15-19)31-28(23-6-2-4-14-30-23)34(25)17-20-5-1-3-13-29-20/h1-16,35-36H,17H2/b33-32+. The average Bonchev–Trinajstić information content (AvgIpc) is 3.26. The maximum absolute atomic E-state index is 10.4. The smallest absolute Gasteiger partial charge is 0.160 e. The van der Waals surface area contributed by atoms with E-state index in [1.54, 1.807) is 42.7 Å². The number of phenolic OH excluding ortho intramolecular Hbond substituents is 2. The molecule has 8 heteroatoms. The number of rotatable bonds is 5. The van der Waals surface area contributed by atoms with Crippen molar-refractivity contribution in [1.82, 2.24) is 19.5 Å². The van der Waals surface area contributed by atoms with Crippen LogP contribution in [0, 0.1) is 0 Å². The Kier molecular flexibility index (Phi) is 5.31. The number of pyridine rings is 2. The van der Waals surface area contributed by atoms with E-state index in [0.717, 1.165) is 33.6 Å². The molecule has 0 spiro atoms. The van der Waals surface area contributed by atoms with E-state index in [0.29, 0.717) is 23.3 Å². The predicted octanol–water partition coefficient (Wildman–Crippen LogP) is 6.52. The van der Waals surface area contributed by atoms with E-state index in [-0.39, 0.29) is 11.5 Å². The molecular weight excluding hydrogens is 452 g/mol. The maximum Gasteiger partial charge on any atom is 0.160 e. The molecule has 0 aliphatic rings. The fraction of sp³-hybridized carbons (Fsp3) is 0.0357. The van der Waals surface area contributed by atoms with E-state index in [2.05, 4.69) is 24.8 Å². The zero-order valence-electron chi connectivity index (χ0n) is 19.0. The van der Waals surface area contributed by atoms with E-state index in [1.165, 1.54) is 0 Å². The van der Waals surface area contributed by atoms with Gasteiger partial charge in [0, 0.05) is 17.8 Å². The highest BCUT2D eigenvalue weighted by molar-refractivity contribution is 5.96. The highest BCUT2D eigenvalue weighted by atomic mass is 16.3. The minimum Gasteiger partial charge on any atom is -0.508 e. The van der Waals surface area contributed by atoms with Crippen LogP contribution in [-0.2, 0) is 6.54 Å². The molecular formula is C28H20N6O2. The molecule has 0 unspecified atom stereocenters. The number of imidazole rings is 1. The Morgan fingerprint density at radius 2 is 1.61 bits per heavy atom. The number of phenols is 2. The Labute approximate surface area is 205 Å². The van der Waals surface area contributed by atoms with E-state index >= 15 is 0 Å². The number of fused-ring (bicyclic) bond motifs is 2. The number of aromatic nitrogens is 4. The normalized spacial score (nSPS) is 11.6. The molecule has 6 aromatic rings. The minimum atomic E-state index is -0.0185. The second-order valence-corrected chi connectivity index (χ2v) is 8.27. The number of hydrogen-bond donors (Lipinski definition) is 2. The summed E-state index contributed by atoms with van der Waals surface area (Å²) in [6, 6.07) is 25.5. The number of benzene rings is 3. The summed E-state index contributed by atoms with van der Waals surface area (Å²) >= 11 is 0. The van der Waals surface area contributed by atoms with Gasteiger partial charge in [-0.05, 0) is 66.0 Å². The maximum atomic E-state index is 10.4. The van der Waals surface area contributed by atoms with Gasteiger partial charge in [-0.1, -0.05) is 24.3 Å². The molecule has 174 valence electrons. The molecule has 6 rings (SSSR count). The largest absolute Gasteiger partial charge is 0.508 e. The molecule has 36 heavy (non-hydrogen) atoms. The van der Waals surface area contributed by atoms with Gasteiger partial charge in [-0.3, -0.25) is 9.97 Å². The number of nitrogens with zero attached hydrogens (tertiary/aromatic N) is 6. The first kappa shape index (κ1) is 21.4. The fourth-order valence-corrected chi connectivity index (χ4v) is 4.18. The molecule has 0 radical (unpaired) electrons. The molecule has 3 heterocycles. The van der Waals surface area contributed by atoms with Gasteiger partial charge in [0.1, 0.15) is 22.9 Å². The lowest BCUT2D eigenvalue weighted by atomic mass is 10.1. The summed E-state index contributed by atoms with van der Waals surface area (Å²) in [7, 11) is 0. The molecule has 2 N–H and O–H groups in total. The average molecular weight is 473 g/mol. The van der Waals surface area contributed by atoms with Gasteiger partial charge in [0.2, 0.25) is 0 Å². The number of aromatic hydroxyl groups is 2. The third-order valence-electron chi connectivity index (χ3n) is 5.89. The Morgan fingerprint density at radius 3 is 2.42 bits per heavy atom. The van der Waals surface area contributed by atoms with Gasteiger partial charge in [0.05, 0.1) is 29.0 Å². The van der Waals surface area contributed by atoms with Crippen LogP contribution >= 0.6 is 0 Å². The Morgan fingerprint density at radius 1 is 0.778 bits per heavy atom. The van der Waals surface area contributed by atoms with Crippen molar-refractivity contribution >= 4 is 33.2 Å². The molecule has 0 atom stereocenters. The molecule has 0 saturated heterocycles. The monoisotopic (exact) mass is 472 g/mol. The summed E-state index contributed by atoms with van der Waals surface area (Å²) in [5, 5.41) is 30.4. The van der Waals surface area contributed by atoms with Crippen LogP contribution in [0.25, 0.3) is 33.3 Å². The van der Waals surface area contributed by atoms with Crippen molar-refractivity contribution in [3.05, 3.63) is 103 Å². The molecule has 0 fully saturated rings. The van der Waals surface area contributed by atoms with Crippen LogP contribution in [0.2, 0.25) is 0 Å². The lowest BCUT2D eigenvalue weighted by molar-refractivity contribution is 0.475. The van der Waals surface area contributed by atoms with Crippen molar-refractivity contribution in [3.8, 4) is 23.0 Å².